The molecule has 4 rings (SSSR count). The van der Waals surface area contributed by atoms with Crippen molar-refractivity contribution < 1.29 is 17.6 Å². The van der Waals surface area contributed by atoms with Crippen LogP contribution in [-0.2, 0) is 10.0 Å². The monoisotopic (exact) mass is 452 g/mol. The van der Waals surface area contributed by atoms with Crippen LogP contribution in [-0.4, -0.2) is 41.9 Å². The number of carbonyl (C=O) groups is 1. The Balaban J connectivity index is 1.39. The minimum Gasteiger partial charge on any atom is -0.320 e. The summed E-state index contributed by atoms with van der Waals surface area (Å²) in [5.41, 5.74) is 0.346. The van der Waals surface area contributed by atoms with Crippen molar-refractivity contribution in [3.05, 3.63) is 57.6 Å². The third-order valence-corrected chi connectivity index (χ3v) is 8.97. The van der Waals surface area contributed by atoms with Crippen molar-refractivity contribution in [2.75, 3.05) is 18.4 Å². The number of rotatable bonds is 5. The van der Waals surface area contributed by atoms with E-state index >= 15 is 0 Å². The molecule has 3 heterocycles. The summed E-state index contributed by atoms with van der Waals surface area (Å²) in [6, 6.07) is 8.96. The lowest BCUT2D eigenvalue weighted by molar-refractivity contribution is 0.102. The van der Waals surface area contributed by atoms with Gasteiger partial charge in [-0.05, 0) is 42.5 Å². The number of thiophene rings is 1. The normalized spacial score (nSPS) is 16.0. The highest BCUT2D eigenvalue weighted by Gasteiger charge is 2.32. The first-order valence-electron chi connectivity index (χ1n) is 8.87. The molecule has 152 valence electrons. The number of amides is 1. The molecule has 7 nitrogen and oxygen atoms in total. The van der Waals surface area contributed by atoms with E-state index in [0.29, 0.717) is 40.8 Å². The highest BCUT2D eigenvalue weighted by atomic mass is 32.2. The molecule has 11 heteroatoms. The second-order valence-electron chi connectivity index (χ2n) is 6.52. The van der Waals surface area contributed by atoms with Crippen LogP contribution in [0.5, 0.6) is 0 Å². The summed E-state index contributed by atoms with van der Waals surface area (Å²) in [5.74, 6) is -0.833. The number of halogens is 1. The zero-order chi connectivity index (χ0) is 20.4. The Kier molecular flexibility index (Phi) is 5.72. The number of piperidine rings is 1. The first-order valence-corrected chi connectivity index (χ1v) is 12.0. The summed E-state index contributed by atoms with van der Waals surface area (Å²) in [6.45, 7) is 0.796. The summed E-state index contributed by atoms with van der Waals surface area (Å²) < 4.78 is 40.3. The highest BCUT2D eigenvalue weighted by Crippen LogP contribution is 2.33. The molecule has 0 aliphatic carbocycles. The number of hydrogen-bond donors (Lipinski definition) is 1. The third kappa shape index (κ3) is 4.37. The quantitative estimate of drug-likeness (QED) is 0.639. The van der Waals surface area contributed by atoms with E-state index in [1.165, 1.54) is 45.2 Å². The van der Waals surface area contributed by atoms with Crippen LogP contribution < -0.4 is 5.32 Å². The molecule has 0 unspecified atom stereocenters. The molecule has 1 N–H and O–H groups in total. The van der Waals surface area contributed by atoms with Gasteiger partial charge in [0.25, 0.3) is 15.9 Å². The fourth-order valence-electron chi connectivity index (χ4n) is 3.12. The van der Waals surface area contributed by atoms with E-state index in [2.05, 4.69) is 15.5 Å². The number of sulfonamides is 1. The largest absolute Gasteiger partial charge is 0.320 e. The number of anilines is 1. The maximum Gasteiger partial charge on any atom is 0.286 e. The SMILES string of the molecule is O=C(Nc1cccc(F)c1)c1nnc(C2CCN(S(=O)(=O)c3cccs3)CC2)s1. The summed E-state index contributed by atoms with van der Waals surface area (Å²) in [6.07, 6.45) is 1.23. The van der Waals surface area contributed by atoms with Gasteiger partial charge in [0.2, 0.25) is 5.01 Å². The molecule has 3 aromatic rings. The van der Waals surface area contributed by atoms with E-state index < -0.39 is 21.7 Å². The lowest BCUT2D eigenvalue weighted by Gasteiger charge is -2.29. The number of carbonyl (C=O) groups excluding carboxylic acids is 1. The fourth-order valence-corrected chi connectivity index (χ4v) is 6.64. The Bertz CT molecular complexity index is 1110. The number of aromatic nitrogens is 2. The van der Waals surface area contributed by atoms with Crippen molar-refractivity contribution in [3.8, 4) is 0 Å². The molecule has 1 saturated heterocycles. The van der Waals surface area contributed by atoms with E-state index in [9.17, 15) is 17.6 Å². The van der Waals surface area contributed by atoms with Gasteiger partial charge in [-0.25, -0.2) is 12.8 Å². The van der Waals surface area contributed by atoms with Crippen molar-refractivity contribution in [1.82, 2.24) is 14.5 Å². The van der Waals surface area contributed by atoms with Gasteiger partial charge in [-0.15, -0.1) is 21.5 Å². The van der Waals surface area contributed by atoms with Gasteiger partial charge >= 0.3 is 0 Å². The number of nitrogens with one attached hydrogen (secondary N) is 1. The summed E-state index contributed by atoms with van der Waals surface area (Å²) in [4.78, 5) is 12.3. The Morgan fingerprint density at radius 1 is 1.17 bits per heavy atom. The van der Waals surface area contributed by atoms with Crippen molar-refractivity contribution >= 4 is 44.3 Å². The maximum atomic E-state index is 13.2. The van der Waals surface area contributed by atoms with E-state index in [-0.39, 0.29) is 10.9 Å². The van der Waals surface area contributed by atoms with Crippen molar-refractivity contribution in [1.29, 1.82) is 0 Å². The standard InChI is InChI=1S/C18H17FN4O3S3/c19-13-3-1-4-14(11-13)20-16(24)18-22-21-17(28-18)12-6-8-23(9-7-12)29(25,26)15-5-2-10-27-15/h1-5,10-12H,6-9H2,(H,20,24). The smallest absolute Gasteiger partial charge is 0.286 e. The Morgan fingerprint density at radius 3 is 2.66 bits per heavy atom. The molecule has 1 amide bonds. The fraction of sp³-hybridized carbons (Fsp3) is 0.278. The molecule has 0 atom stereocenters. The molecule has 0 bridgehead atoms. The van der Waals surface area contributed by atoms with Crippen LogP contribution in [0.15, 0.2) is 46.0 Å². The van der Waals surface area contributed by atoms with Crippen LogP contribution in [0.25, 0.3) is 0 Å². The molecular weight excluding hydrogens is 435 g/mol. The van der Waals surface area contributed by atoms with Crippen molar-refractivity contribution in [3.63, 3.8) is 0 Å². The number of hydrogen-bond acceptors (Lipinski definition) is 7. The number of benzene rings is 1. The average Bonchev–Trinajstić information content (AvgIpc) is 3.41. The number of nitrogens with zero attached hydrogens (tertiary/aromatic N) is 3. The predicted molar refractivity (Wildman–Crippen MR) is 109 cm³/mol. The molecule has 1 aliphatic rings. The summed E-state index contributed by atoms with van der Waals surface area (Å²) in [5, 5.41) is 13.3. The lowest BCUT2D eigenvalue weighted by Crippen LogP contribution is -2.37. The Labute approximate surface area is 175 Å². The van der Waals surface area contributed by atoms with E-state index in [4.69, 9.17) is 0 Å². The van der Waals surface area contributed by atoms with Gasteiger partial charge in [0.05, 0.1) is 0 Å². The molecule has 0 saturated carbocycles. The van der Waals surface area contributed by atoms with E-state index in [0.717, 1.165) is 0 Å². The molecule has 0 radical (unpaired) electrons. The molecule has 1 aliphatic heterocycles. The van der Waals surface area contributed by atoms with Gasteiger partial charge in [-0.2, -0.15) is 4.31 Å². The third-order valence-electron chi connectivity index (χ3n) is 4.61. The first kappa shape index (κ1) is 20.1. The summed E-state index contributed by atoms with van der Waals surface area (Å²) >= 11 is 2.39. The van der Waals surface area contributed by atoms with Gasteiger partial charge in [0, 0.05) is 24.7 Å². The van der Waals surface area contributed by atoms with Crippen LogP contribution in [0, 0.1) is 5.82 Å². The Morgan fingerprint density at radius 2 is 1.97 bits per heavy atom. The molecule has 1 fully saturated rings. The van der Waals surface area contributed by atoms with E-state index in [1.807, 2.05) is 0 Å². The van der Waals surface area contributed by atoms with Gasteiger partial charge in [0.1, 0.15) is 15.0 Å². The average molecular weight is 453 g/mol. The van der Waals surface area contributed by atoms with Gasteiger partial charge in [0.15, 0.2) is 0 Å². The van der Waals surface area contributed by atoms with Crippen LogP contribution in [0.4, 0.5) is 10.1 Å². The van der Waals surface area contributed by atoms with Crippen LogP contribution >= 0.6 is 22.7 Å². The highest BCUT2D eigenvalue weighted by molar-refractivity contribution is 7.91. The Hall–Kier alpha value is -2.21. The van der Waals surface area contributed by atoms with Crippen LogP contribution in [0.2, 0.25) is 0 Å². The van der Waals surface area contributed by atoms with E-state index in [1.54, 1.807) is 23.6 Å². The van der Waals surface area contributed by atoms with Crippen LogP contribution in [0.1, 0.15) is 33.6 Å². The van der Waals surface area contributed by atoms with Crippen molar-refractivity contribution in [2.45, 2.75) is 23.0 Å². The first-order chi connectivity index (χ1) is 13.9. The minimum atomic E-state index is -3.45. The zero-order valence-electron chi connectivity index (χ0n) is 15.1. The lowest BCUT2D eigenvalue weighted by atomic mass is 9.99. The van der Waals surface area contributed by atoms with Crippen LogP contribution in [0.3, 0.4) is 0 Å². The minimum absolute atomic E-state index is 0.0537. The van der Waals surface area contributed by atoms with Gasteiger partial charge in [-0.1, -0.05) is 23.5 Å². The molecule has 2 aromatic heterocycles. The molecule has 0 spiro atoms. The molecule has 1 aromatic carbocycles. The topological polar surface area (TPSA) is 92.3 Å². The summed E-state index contributed by atoms with van der Waals surface area (Å²) in [7, 11) is -3.45. The van der Waals surface area contributed by atoms with Gasteiger partial charge < -0.3 is 5.32 Å². The van der Waals surface area contributed by atoms with Gasteiger partial charge in [-0.3, -0.25) is 4.79 Å². The molecular formula is C18H17FN4O3S3. The maximum absolute atomic E-state index is 13.2. The van der Waals surface area contributed by atoms with Crippen molar-refractivity contribution in [2.24, 2.45) is 0 Å². The zero-order valence-corrected chi connectivity index (χ0v) is 17.6. The second kappa shape index (κ2) is 8.27. The predicted octanol–water partition coefficient (Wildman–Crippen LogP) is 3.56. The second-order valence-corrected chi connectivity index (χ2v) is 10.6. The molecule has 29 heavy (non-hydrogen) atoms.